The Balaban J connectivity index is 2.80. The summed E-state index contributed by atoms with van der Waals surface area (Å²) in [7, 11) is 0. The van der Waals surface area contributed by atoms with Crippen LogP contribution in [0.15, 0.2) is 18.2 Å². The average molecular weight is 216 g/mol. The molecule has 0 saturated carbocycles. The highest BCUT2D eigenvalue weighted by Gasteiger charge is 2.11. The summed E-state index contributed by atoms with van der Waals surface area (Å²) in [6, 6.07) is 3.00. The third-order valence-electron chi connectivity index (χ3n) is 1.67. The zero-order valence-electron chi connectivity index (χ0n) is 7.72. The van der Waals surface area contributed by atoms with Gasteiger partial charge in [0.15, 0.2) is 5.78 Å². The zero-order valence-corrected chi connectivity index (χ0v) is 8.54. The van der Waals surface area contributed by atoms with Gasteiger partial charge in [0, 0.05) is 6.07 Å². The van der Waals surface area contributed by atoms with E-state index in [2.05, 4.69) is 0 Å². The molecule has 1 nitrogen and oxygen atoms in total. The van der Waals surface area contributed by atoms with E-state index in [1.54, 1.807) is 0 Å². The van der Waals surface area contributed by atoms with Gasteiger partial charge in [-0.1, -0.05) is 6.92 Å². The van der Waals surface area contributed by atoms with Crippen LogP contribution in [0, 0.1) is 11.6 Å². The second-order valence-electron chi connectivity index (χ2n) is 2.68. The number of hydrogen-bond donors (Lipinski definition) is 0. The predicted molar refractivity (Wildman–Crippen MR) is 53.7 cm³/mol. The van der Waals surface area contributed by atoms with Gasteiger partial charge in [-0.15, -0.1) is 0 Å². The van der Waals surface area contributed by atoms with Crippen molar-refractivity contribution in [3.05, 3.63) is 35.4 Å². The Labute approximate surface area is 85.5 Å². The van der Waals surface area contributed by atoms with Crippen molar-refractivity contribution in [2.24, 2.45) is 0 Å². The molecule has 0 aromatic heterocycles. The van der Waals surface area contributed by atoms with Gasteiger partial charge in [-0.3, -0.25) is 4.79 Å². The van der Waals surface area contributed by atoms with E-state index in [0.29, 0.717) is 0 Å². The SMILES string of the molecule is CCSCC(=O)c1ccc(F)cc1F. The third-order valence-corrected chi connectivity index (χ3v) is 2.54. The van der Waals surface area contributed by atoms with E-state index in [-0.39, 0.29) is 17.1 Å². The van der Waals surface area contributed by atoms with Crippen LogP contribution in [-0.2, 0) is 0 Å². The summed E-state index contributed by atoms with van der Waals surface area (Å²) < 4.78 is 25.6. The Morgan fingerprint density at radius 1 is 1.43 bits per heavy atom. The summed E-state index contributed by atoms with van der Waals surface area (Å²) in [4.78, 5) is 11.4. The molecular weight excluding hydrogens is 206 g/mol. The highest BCUT2D eigenvalue weighted by Crippen LogP contribution is 2.12. The summed E-state index contributed by atoms with van der Waals surface area (Å²) in [5, 5.41) is 0. The predicted octanol–water partition coefficient (Wildman–Crippen LogP) is 2.90. The molecule has 0 unspecified atom stereocenters. The number of carbonyl (C=O) groups is 1. The Kier molecular flexibility index (Phi) is 4.07. The van der Waals surface area contributed by atoms with Gasteiger partial charge >= 0.3 is 0 Å². The van der Waals surface area contributed by atoms with E-state index >= 15 is 0 Å². The van der Waals surface area contributed by atoms with Crippen LogP contribution in [0.5, 0.6) is 0 Å². The molecule has 0 spiro atoms. The summed E-state index contributed by atoms with van der Waals surface area (Å²) in [6.07, 6.45) is 0. The van der Waals surface area contributed by atoms with Gasteiger partial charge in [0.05, 0.1) is 11.3 Å². The van der Waals surface area contributed by atoms with Crippen molar-refractivity contribution in [2.75, 3.05) is 11.5 Å². The first-order valence-corrected chi connectivity index (χ1v) is 5.36. The number of halogens is 2. The van der Waals surface area contributed by atoms with Crippen molar-refractivity contribution < 1.29 is 13.6 Å². The van der Waals surface area contributed by atoms with E-state index in [0.717, 1.165) is 17.9 Å². The Morgan fingerprint density at radius 2 is 2.14 bits per heavy atom. The number of carbonyl (C=O) groups excluding carboxylic acids is 1. The lowest BCUT2D eigenvalue weighted by Gasteiger charge is -2.01. The fourth-order valence-corrected chi connectivity index (χ4v) is 1.53. The molecule has 0 amide bonds. The molecule has 0 aliphatic rings. The maximum Gasteiger partial charge on any atom is 0.175 e. The van der Waals surface area contributed by atoms with Gasteiger partial charge in [-0.25, -0.2) is 8.78 Å². The molecule has 0 fully saturated rings. The van der Waals surface area contributed by atoms with Crippen molar-refractivity contribution in [1.29, 1.82) is 0 Å². The summed E-state index contributed by atoms with van der Waals surface area (Å²) in [6.45, 7) is 1.92. The van der Waals surface area contributed by atoms with Crippen molar-refractivity contribution in [3.8, 4) is 0 Å². The van der Waals surface area contributed by atoms with Gasteiger partial charge in [0.25, 0.3) is 0 Å². The van der Waals surface area contributed by atoms with E-state index in [4.69, 9.17) is 0 Å². The highest BCUT2D eigenvalue weighted by atomic mass is 32.2. The van der Waals surface area contributed by atoms with Crippen molar-refractivity contribution in [3.63, 3.8) is 0 Å². The van der Waals surface area contributed by atoms with Crippen LogP contribution in [0.2, 0.25) is 0 Å². The molecule has 0 heterocycles. The lowest BCUT2D eigenvalue weighted by Crippen LogP contribution is -2.05. The van der Waals surface area contributed by atoms with Crippen LogP contribution in [0.25, 0.3) is 0 Å². The van der Waals surface area contributed by atoms with E-state index in [1.165, 1.54) is 17.8 Å². The summed E-state index contributed by atoms with van der Waals surface area (Å²) in [5.74, 6) is -0.712. The smallest absolute Gasteiger partial charge is 0.175 e. The molecule has 1 rings (SSSR count). The van der Waals surface area contributed by atoms with Crippen LogP contribution in [0.3, 0.4) is 0 Å². The molecule has 0 aliphatic heterocycles. The maximum absolute atomic E-state index is 13.1. The summed E-state index contributed by atoms with van der Waals surface area (Å²) in [5.41, 5.74) is -0.0349. The maximum atomic E-state index is 13.1. The molecule has 0 aliphatic carbocycles. The van der Waals surface area contributed by atoms with Crippen LogP contribution < -0.4 is 0 Å². The van der Waals surface area contributed by atoms with Crippen LogP contribution in [0.4, 0.5) is 8.78 Å². The molecular formula is C10H10F2OS. The molecule has 4 heteroatoms. The molecule has 76 valence electrons. The molecule has 0 atom stereocenters. The van der Waals surface area contributed by atoms with Gasteiger partial charge in [-0.05, 0) is 17.9 Å². The minimum absolute atomic E-state index is 0.0349. The molecule has 0 N–H and O–H groups in total. The topological polar surface area (TPSA) is 17.1 Å². The largest absolute Gasteiger partial charge is 0.293 e. The molecule has 0 saturated heterocycles. The zero-order chi connectivity index (χ0) is 10.6. The van der Waals surface area contributed by atoms with Crippen LogP contribution in [-0.4, -0.2) is 17.3 Å². The number of hydrogen-bond acceptors (Lipinski definition) is 2. The van der Waals surface area contributed by atoms with Crippen molar-refractivity contribution >= 4 is 17.5 Å². The Bertz CT molecular complexity index is 339. The van der Waals surface area contributed by atoms with Gasteiger partial charge < -0.3 is 0 Å². The molecule has 14 heavy (non-hydrogen) atoms. The summed E-state index contributed by atoms with van der Waals surface area (Å²) >= 11 is 1.41. The molecule has 1 aromatic carbocycles. The number of benzene rings is 1. The Hall–Kier alpha value is -0.900. The lowest BCUT2D eigenvalue weighted by molar-refractivity contribution is 0.101. The van der Waals surface area contributed by atoms with Crippen LogP contribution in [0.1, 0.15) is 17.3 Å². The first-order valence-electron chi connectivity index (χ1n) is 4.21. The normalized spacial score (nSPS) is 10.2. The fourth-order valence-electron chi connectivity index (χ4n) is 0.988. The second kappa shape index (κ2) is 5.10. The Morgan fingerprint density at radius 3 is 2.71 bits per heavy atom. The third kappa shape index (κ3) is 2.80. The molecule has 0 bridgehead atoms. The van der Waals surface area contributed by atoms with Gasteiger partial charge in [-0.2, -0.15) is 11.8 Å². The van der Waals surface area contributed by atoms with Crippen molar-refractivity contribution in [2.45, 2.75) is 6.92 Å². The number of thioether (sulfide) groups is 1. The van der Waals surface area contributed by atoms with Crippen LogP contribution >= 0.6 is 11.8 Å². The van der Waals surface area contributed by atoms with E-state index in [1.807, 2.05) is 6.92 Å². The second-order valence-corrected chi connectivity index (χ2v) is 3.96. The van der Waals surface area contributed by atoms with E-state index < -0.39 is 11.6 Å². The monoisotopic (exact) mass is 216 g/mol. The van der Waals surface area contributed by atoms with Gasteiger partial charge in [0.2, 0.25) is 0 Å². The minimum atomic E-state index is -0.785. The van der Waals surface area contributed by atoms with Gasteiger partial charge in [0.1, 0.15) is 11.6 Å². The fraction of sp³-hybridized carbons (Fsp3) is 0.300. The number of Topliss-reactive ketones (excluding diaryl/α,β-unsaturated/α-hetero) is 1. The first kappa shape index (κ1) is 11.2. The van der Waals surface area contributed by atoms with E-state index in [9.17, 15) is 13.6 Å². The molecule has 0 radical (unpaired) electrons. The number of rotatable bonds is 4. The average Bonchev–Trinajstić information content (AvgIpc) is 2.14. The molecule has 1 aromatic rings. The first-order chi connectivity index (χ1) is 6.65. The highest BCUT2D eigenvalue weighted by molar-refractivity contribution is 7.99. The van der Waals surface area contributed by atoms with Crippen molar-refractivity contribution in [1.82, 2.24) is 0 Å². The minimum Gasteiger partial charge on any atom is -0.293 e. The number of ketones is 1. The standard InChI is InChI=1S/C10H10F2OS/c1-2-14-6-10(13)8-4-3-7(11)5-9(8)12/h3-5H,2,6H2,1H3. The lowest BCUT2D eigenvalue weighted by atomic mass is 10.1. The quantitative estimate of drug-likeness (QED) is 0.720.